The third-order valence-corrected chi connectivity index (χ3v) is 6.01. The molecule has 3 aromatic heterocycles. The normalized spacial score (nSPS) is 14.0. The molecule has 4 aromatic rings. The minimum Gasteiger partial charge on any atom is -0.366 e. The summed E-state index contributed by atoms with van der Waals surface area (Å²) in [7, 11) is 2.10. The monoisotopic (exact) mass is 440 g/mol. The van der Waals surface area contributed by atoms with E-state index in [1.807, 2.05) is 53.9 Å². The van der Waals surface area contributed by atoms with E-state index in [4.69, 9.17) is 9.97 Å². The first-order valence-electron chi connectivity index (χ1n) is 11.3. The van der Waals surface area contributed by atoms with Crippen LogP contribution in [0.15, 0.2) is 60.8 Å². The van der Waals surface area contributed by atoms with Gasteiger partial charge in [0.2, 0.25) is 5.95 Å². The van der Waals surface area contributed by atoms with Gasteiger partial charge >= 0.3 is 0 Å². The van der Waals surface area contributed by atoms with Gasteiger partial charge in [0, 0.05) is 30.4 Å². The molecule has 0 saturated heterocycles. The molecule has 0 radical (unpaired) electrons. The Balaban J connectivity index is 1.47. The van der Waals surface area contributed by atoms with Crippen molar-refractivity contribution in [2.24, 2.45) is 0 Å². The van der Waals surface area contributed by atoms with Gasteiger partial charge in [0.05, 0.1) is 5.69 Å². The highest BCUT2D eigenvalue weighted by Crippen LogP contribution is 2.25. The number of rotatable bonds is 5. The van der Waals surface area contributed by atoms with Crippen molar-refractivity contribution < 1.29 is 4.79 Å². The molecule has 1 amide bonds. The second kappa shape index (κ2) is 9.03. The number of aryl methyl sites for hydroxylation is 1. The van der Waals surface area contributed by atoms with Gasteiger partial charge in [-0.3, -0.25) is 10.1 Å². The molecule has 7 nitrogen and oxygen atoms in total. The second-order valence-electron chi connectivity index (χ2n) is 8.68. The number of nitrogens with zero attached hydrogens (tertiary/aromatic N) is 4. The Morgan fingerprint density at radius 2 is 1.94 bits per heavy atom. The van der Waals surface area contributed by atoms with Crippen LogP contribution in [0, 0.1) is 6.92 Å². The van der Waals surface area contributed by atoms with Crippen LogP contribution in [0.25, 0.3) is 5.52 Å². The second-order valence-corrected chi connectivity index (χ2v) is 8.68. The number of nitrogens with one attached hydrogen (secondary N) is 2. The number of anilines is 2. The van der Waals surface area contributed by atoms with Gasteiger partial charge in [-0.1, -0.05) is 36.4 Å². The topological polar surface area (TPSA) is 74.6 Å². The van der Waals surface area contributed by atoms with Crippen LogP contribution in [-0.4, -0.2) is 38.8 Å². The largest absolute Gasteiger partial charge is 0.366 e. The molecular weight excluding hydrogens is 412 g/mol. The summed E-state index contributed by atoms with van der Waals surface area (Å²) >= 11 is 0. The van der Waals surface area contributed by atoms with E-state index in [0.717, 1.165) is 54.1 Å². The first kappa shape index (κ1) is 21.2. The fourth-order valence-electron chi connectivity index (χ4n) is 4.39. The highest BCUT2D eigenvalue weighted by Gasteiger charge is 2.20. The Bertz CT molecular complexity index is 1300. The van der Waals surface area contributed by atoms with Crippen LogP contribution in [0.3, 0.4) is 0 Å². The maximum atomic E-state index is 13.2. The van der Waals surface area contributed by atoms with Crippen LogP contribution in [0.1, 0.15) is 39.3 Å². The lowest BCUT2D eigenvalue weighted by Crippen LogP contribution is -2.21. The van der Waals surface area contributed by atoms with E-state index in [2.05, 4.69) is 40.8 Å². The van der Waals surface area contributed by atoms with Crippen LogP contribution in [0.5, 0.6) is 0 Å². The van der Waals surface area contributed by atoms with Gasteiger partial charge in [-0.2, -0.15) is 4.98 Å². The molecule has 0 fully saturated rings. The van der Waals surface area contributed by atoms with Gasteiger partial charge in [0.15, 0.2) is 0 Å². The number of amides is 1. The van der Waals surface area contributed by atoms with Crippen molar-refractivity contribution in [2.75, 3.05) is 24.2 Å². The van der Waals surface area contributed by atoms with Crippen molar-refractivity contribution in [3.63, 3.8) is 0 Å². The van der Waals surface area contributed by atoms with E-state index >= 15 is 0 Å². The highest BCUT2D eigenvalue weighted by molar-refractivity contribution is 6.02. The maximum absolute atomic E-state index is 13.2. The predicted octanol–water partition coefficient (Wildman–Crippen LogP) is 4.28. The summed E-state index contributed by atoms with van der Waals surface area (Å²) in [5, 5.41) is 6.43. The van der Waals surface area contributed by atoms with Crippen LogP contribution in [0.4, 0.5) is 11.8 Å². The summed E-state index contributed by atoms with van der Waals surface area (Å²) in [6, 6.07) is 18.0. The zero-order valence-corrected chi connectivity index (χ0v) is 19.0. The molecule has 2 N–H and O–H groups in total. The molecule has 168 valence electrons. The molecule has 5 rings (SSSR count). The average Bonchev–Trinajstić information content (AvgIpc) is 3.09. The number of hydrogen-bond donors (Lipinski definition) is 2. The molecule has 0 bridgehead atoms. The van der Waals surface area contributed by atoms with Crippen molar-refractivity contribution in [3.8, 4) is 0 Å². The minimum absolute atomic E-state index is 0.230. The molecule has 1 aliphatic heterocycles. The zero-order chi connectivity index (χ0) is 22.8. The molecule has 1 aromatic carbocycles. The summed E-state index contributed by atoms with van der Waals surface area (Å²) in [4.78, 5) is 24.9. The number of hydrogen-bond acceptors (Lipinski definition) is 5. The Kier molecular flexibility index (Phi) is 5.79. The van der Waals surface area contributed by atoms with E-state index in [0.29, 0.717) is 18.2 Å². The first-order valence-corrected chi connectivity index (χ1v) is 11.3. The number of fused-ring (bicyclic) bond motifs is 2. The summed E-state index contributed by atoms with van der Waals surface area (Å²) < 4.78 is 1.90. The Labute approximate surface area is 193 Å². The molecule has 0 atom stereocenters. The van der Waals surface area contributed by atoms with Crippen molar-refractivity contribution in [1.29, 1.82) is 0 Å². The van der Waals surface area contributed by atoms with Crippen molar-refractivity contribution >= 4 is 23.2 Å². The van der Waals surface area contributed by atoms with Gasteiger partial charge < -0.3 is 14.6 Å². The third kappa shape index (κ3) is 4.59. The standard InChI is InChI=1S/C26H28N6O/c1-18-14-20-10-6-12-23(32(20)16-18)25(33)30-26-28-22-17-31(2)13-7-11-21(22)24(29-26)27-15-19-8-4-3-5-9-19/h3-6,8-10,12,14,16H,7,11,13,15,17H2,1-2H3,(H2,27,28,29,30,33). The Morgan fingerprint density at radius 3 is 2.79 bits per heavy atom. The fourth-order valence-corrected chi connectivity index (χ4v) is 4.39. The Morgan fingerprint density at radius 1 is 1.09 bits per heavy atom. The van der Waals surface area contributed by atoms with E-state index in [9.17, 15) is 4.79 Å². The fraction of sp³-hybridized carbons (Fsp3) is 0.269. The van der Waals surface area contributed by atoms with Crippen molar-refractivity contribution in [1.82, 2.24) is 19.3 Å². The van der Waals surface area contributed by atoms with Crippen molar-refractivity contribution in [3.05, 3.63) is 88.9 Å². The first-order chi connectivity index (χ1) is 16.1. The number of aromatic nitrogens is 3. The number of pyridine rings is 1. The molecule has 7 heteroatoms. The SMILES string of the molecule is Cc1cc2cccc(C(=O)Nc3nc4c(c(NCc5ccccc5)n3)CCCN(C)C4)n2c1. The van der Waals surface area contributed by atoms with Gasteiger partial charge in [-0.15, -0.1) is 0 Å². The van der Waals surface area contributed by atoms with Crippen LogP contribution in [0.2, 0.25) is 0 Å². The summed E-state index contributed by atoms with van der Waals surface area (Å²) in [5.74, 6) is 0.891. The van der Waals surface area contributed by atoms with Crippen LogP contribution >= 0.6 is 0 Å². The van der Waals surface area contributed by atoms with E-state index in [1.54, 1.807) is 0 Å². The van der Waals surface area contributed by atoms with Gasteiger partial charge in [-0.05, 0) is 62.7 Å². The lowest BCUT2D eigenvalue weighted by molar-refractivity contribution is 0.102. The van der Waals surface area contributed by atoms with Crippen LogP contribution in [-0.2, 0) is 19.5 Å². The van der Waals surface area contributed by atoms with E-state index < -0.39 is 0 Å². The summed E-state index contributed by atoms with van der Waals surface area (Å²) in [6.07, 6.45) is 3.92. The molecule has 1 aliphatic rings. The van der Waals surface area contributed by atoms with Gasteiger partial charge in [0.25, 0.3) is 5.91 Å². The third-order valence-electron chi connectivity index (χ3n) is 6.01. The molecule has 0 unspecified atom stereocenters. The minimum atomic E-state index is -0.230. The quantitative estimate of drug-likeness (QED) is 0.485. The van der Waals surface area contributed by atoms with Gasteiger partial charge in [-0.25, -0.2) is 4.98 Å². The maximum Gasteiger partial charge on any atom is 0.274 e. The van der Waals surface area contributed by atoms with Crippen LogP contribution < -0.4 is 10.6 Å². The predicted molar refractivity (Wildman–Crippen MR) is 131 cm³/mol. The zero-order valence-electron chi connectivity index (χ0n) is 19.0. The summed E-state index contributed by atoms with van der Waals surface area (Å²) in [5.41, 5.74) is 5.91. The highest BCUT2D eigenvalue weighted by atomic mass is 16.2. The van der Waals surface area contributed by atoms with E-state index in [-0.39, 0.29) is 5.91 Å². The molecule has 0 saturated carbocycles. The molecule has 0 aliphatic carbocycles. The molecular formula is C26H28N6O. The molecule has 4 heterocycles. The number of benzene rings is 1. The number of carbonyl (C=O) groups excluding carboxylic acids is 1. The van der Waals surface area contributed by atoms with E-state index in [1.165, 1.54) is 5.56 Å². The lowest BCUT2D eigenvalue weighted by atomic mass is 10.1. The summed E-state index contributed by atoms with van der Waals surface area (Å²) in [6.45, 7) is 4.42. The molecule has 0 spiro atoms. The average molecular weight is 441 g/mol. The molecule has 33 heavy (non-hydrogen) atoms. The lowest BCUT2D eigenvalue weighted by Gasteiger charge is -2.17. The smallest absolute Gasteiger partial charge is 0.274 e. The number of carbonyl (C=O) groups is 1. The Hall–Kier alpha value is -3.71. The van der Waals surface area contributed by atoms with Gasteiger partial charge in [0.1, 0.15) is 11.5 Å². The van der Waals surface area contributed by atoms with Crippen molar-refractivity contribution in [2.45, 2.75) is 32.9 Å².